The van der Waals surface area contributed by atoms with E-state index in [0.29, 0.717) is 30.9 Å². The van der Waals surface area contributed by atoms with E-state index >= 15 is 0 Å². The number of hydrogen-bond donors (Lipinski definition) is 2. The number of rotatable bonds is 6. The molecular formula is C19H22FN5O. The fraction of sp³-hybridized carbons (Fsp3) is 0.421. The van der Waals surface area contributed by atoms with Crippen molar-refractivity contribution in [1.82, 2.24) is 20.2 Å². The molecule has 2 aromatic heterocycles. The monoisotopic (exact) mass is 355 g/mol. The topological polar surface area (TPSA) is 75.7 Å². The lowest BCUT2D eigenvalue weighted by Crippen LogP contribution is -2.39. The molecule has 0 spiro atoms. The minimum absolute atomic E-state index is 0.0342. The van der Waals surface area contributed by atoms with Crippen LogP contribution in [0.5, 0.6) is 0 Å². The Kier molecular flexibility index (Phi) is 5.06. The van der Waals surface area contributed by atoms with Crippen LogP contribution in [0.2, 0.25) is 0 Å². The number of ether oxygens (including phenoxy) is 1. The van der Waals surface area contributed by atoms with Crippen molar-refractivity contribution < 1.29 is 9.13 Å². The molecule has 1 aliphatic carbocycles. The average Bonchev–Trinajstić information content (AvgIpc) is 3.14. The summed E-state index contributed by atoms with van der Waals surface area (Å²) in [4.78, 5) is 8.38. The zero-order valence-electron chi connectivity index (χ0n) is 14.4. The predicted molar refractivity (Wildman–Crippen MR) is 97.7 cm³/mol. The van der Waals surface area contributed by atoms with Gasteiger partial charge in [-0.3, -0.25) is 5.10 Å². The highest BCUT2D eigenvalue weighted by atomic mass is 19.1. The number of benzene rings is 1. The Morgan fingerprint density at radius 2 is 2.08 bits per heavy atom. The third kappa shape index (κ3) is 3.83. The van der Waals surface area contributed by atoms with Gasteiger partial charge in [0.1, 0.15) is 18.3 Å². The fourth-order valence-corrected chi connectivity index (χ4v) is 3.45. The third-order valence-corrected chi connectivity index (χ3v) is 4.87. The first-order valence-electron chi connectivity index (χ1n) is 9.00. The Morgan fingerprint density at radius 3 is 2.92 bits per heavy atom. The number of nitrogens with zero attached hydrogens (tertiary/aromatic N) is 3. The van der Waals surface area contributed by atoms with Crippen molar-refractivity contribution in [3.63, 3.8) is 0 Å². The standard InChI is InChI=1S/C19H22FN5O/c20-16-10-14(24-18-15-11-23-25-19(15)22-12-21-18)6-7-17(16)26-9-8-13-4-2-1-3-5-13/h1-5,11-12,14,16-17H,6-10H2,(H2,21,22,23,24,25)/t14?,16-,17?/m0/s1. The summed E-state index contributed by atoms with van der Waals surface area (Å²) in [5.74, 6) is 0.699. The largest absolute Gasteiger partial charge is 0.375 e. The minimum atomic E-state index is -0.973. The minimum Gasteiger partial charge on any atom is -0.375 e. The molecule has 1 saturated carbocycles. The molecular weight excluding hydrogens is 333 g/mol. The number of alkyl halides is 1. The molecule has 0 bridgehead atoms. The summed E-state index contributed by atoms with van der Waals surface area (Å²) in [6.45, 7) is 0.550. The predicted octanol–water partition coefficient (Wildman–Crippen LogP) is 3.28. The first-order valence-corrected chi connectivity index (χ1v) is 9.00. The van der Waals surface area contributed by atoms with Crippen LogP contribution in [-0.4, -0.2) is 45.1 Å². The third-order valence-electron chi connectivity index (χ3n) is 4.87. The number of H-pyrrole nitrogens is 1. The van der Waals surface area contributed by atoms with Crippen molar-refractivity contribution in [2.24, 2.45) is 0 Å². The van der Waals surface area contributed by atoms with Crippen molar-refractivity contribution >= 4 is 16.9 Å². The van der Waals surface area contributed by atoms with E-state index in [1.807, 2.05) is 18.2 Å². The van der Waals surface area contributed by atoms with Gasteiger partial charge in [-0.15, -0.1) is 0 Å². The van der Waals surface area contributed by atoms with Gasteiger partial charge >= 0.3 is 0 Å². The highest BCUT2D eigenvalue weighted by Crippen LogP contribution is 2.28. The summed E-state index contributed by atoms with van der Waals surface area (Å²) in [7, 11) is 0. The molecule has 3 aromatic rings. The smallest absolute Gasteiger partial charge is 0.160 e. The molecule has 2 heterocycles. The maximum atomic E-state index is 14.6. The maximum Gasteiger partial charge on any atom is 0.160 e. The second-order valence-corrected chi connectivity index (χ2v) is 6.67. The number of aromatic amines is 1. The first kappa shape index (κ1) is 16.9. The molecule has 4 rings (SSSR count). The van der Waals surface area contributed by atoms with E-state index in [0.717, 1.165) is 18.2 Å². The van der Waals surface area contributed by atoms with Crippen LogP contribution >= 0.6 is 0 Å². The number of halogens is 1. The molecule has 2 N–H and O–H groups in total. The van der Waals surface area contributed by atoms with Crippen LogP contribution in [0.1, 0.15) is 24.8 Å². The van der Waals surface area contributed by atoms with Crippen LogP contribution in [0.25, 0.3) is 11.0 Å². The Morgan fingerprint density at radius 1 is 1.19 bits per heavy atom. The van der Waals surface area contributed by atoms with Crippen LogP contribution < -0.4 is 5.32 Å². The van der Waals surface area contributed by atoms with Gasteiger partial charge in [0.2, 0.25) is 0 Å². The molecule has 7 heteroatoms. The zero-order chi connectivity index (χ0) is 17.8. The second kappa shape index (κ2) is 7.78. The van der Waals surface area contributed by atoms with Crippen molar-refractivity contribution in [1.29, 1.82) is 0 Å². The lowest BCUT2D eigenvalue weighted by Gasteiger charge is -2.32. The van der Waals surface area contributed by atoms with E-state index in [1.165, 1.54) is 11.9 Å². The average molecular weight is 355 g/mol. The van der Waals surface area contributed by atoms with Gasteiger partial charge in [0.25, 0.3) is 0 Å². The lowest BCUT2D eigenvalue weighted by molar-refractivity contribution is -0.0252. The van der Waals surface area contributed by atoms with Gasteiger partial charge in [0.05, 0.1) is 24.3 Å². The Balaban J connectivity index is 1.29. The van der Waals surface area contributed by atoms with E-state index in [9.17, 15) is 4.39 Å². The van der Waals surface area contributed by atoms with Crippen LogP contribution in [-0.2, 0) is 11.2 Å². The van der Waals surface area contributed by atoms with Gasteiger partial charge in [-0.2, -0.15) is 5.10 Å². The van der Waals surface area contributed by atoms with E-state index in [1.54, 1.807) is 6.20 Å². The summed E-state index contributed by atoms with van der Waals surface area (Å²) < 4.78 is 20.4. The van der Waals surface area contributed by atoms with Gasteiger partial charge < -0.3 is 10.1 Å². The molecule has 0 saturated heterocycles. The molecule has 1 aromatic carbocycles. The van der Waals surface area contributed by atoms with Crippen molar-refractivity contribution in [2.75, 3.05) is 11.9 Å². The summed E-state index contributed by atoms with van der Waals surface area (Å²) in [6.07, 6.45) is 4.64. The van der Waals surface area contributed by atoms with Gasteiger partial charge in [-0.05, 0) is 24.8 Å². The Bertz CT molecular complexity index is 840. The molecule has 2 unspecified atom stereocenters. The summed E-state index contributed by atoms with van der Waals surface area (Å²) in [5, 5.41) is 11.0. The summed E-state index contributed by atoms with van der Waals surface area (Å²) >= 11 is 0. The maximum absolute atomic E-state index is 14.6. The molecule has 0 amide bonds. The highest BCUT2D eigenvalue weighted by molar-refractivity contribution is 5.85. The van der Waals surface area contributed by atoms with Gasteiger partial charge in [-0.25, -0.2) is 14.4 Å². The molecule has 1 fully saturated rings. The Labute approximate surface area is 151 Å². The van der Waals surface area contributed by atoms with Crippen LogP contribution in [0.15, 0.2) is 42.9 Å². The molecule has 0 radical (unpaired) electrons. The summed E-state index contributed by atoms with van der Waals surface area (Å²) in [6, 6.07) is 10.2. The SMILES string of the molecule is F[C@H]1CC(Nc2ncnc3[nH]ncc23)CCC1OCCc1ccccc1. The van der Waals surface area contributed by atoms with Gasteiger partial charge in [0.15, 0.2) is 5.65 Å². The zero-order valence-corrected chi connectivity index (χ0v) is 14.4. The number of hydrogen-bond acceptors (Lipinski definition) is 5. The molecule has 26 heavy (non-hydrogen) atoms. The van der Waals surface area contributed by atoms with Crippen molar-refractivity contribution in [3.05, 3.63) is 48.4 Å². The summed E-state index contributed by atoms with van der Waals surface area (Å²) in [5.41, 5.74) is 1.89. The fourth-order valence-electron chi connectivity index (χ4n) is 3.45. The van der Waals surface area contributed by atoms with E-state index in [-0.39, 0.29) is 12.1 Å². The molecule has 0 aliphatic heterocycles. The van der Waals surface area contributed by atoms with Crippen molar-refractivity contribution in [3.8, 4) is 0 Å². The number of nitrogens with one attached hydrogen (secondary N) is 2. The number of fused-ring (bicyclic) bond motifs is 1. The molecule has 3 atom stereocenters. The van der Waals surface area contributed by atoms with Crippen molar-refractivity contribution in [2.45, 2.75) is 44.0 Å². The molecule has 136 valence electrons. The van der Waals surface area contributed by atoms with E-state index in [4.69, 9.17) is 4.74 Å². The van der Waals surface area contributed by atoms with E-state index < -0.39 is 6.17 Å². The lowest BCUT2D eigenvalue weighted by atomic mass is 9.91. The van der Waals surface area contributed by atoms with Crippen LogP contribution in [0.4, 0.5) is 10.2 Å². The van der Waals surface area contributed by atoms with Gasteiger partial charge in [-0.1, -0.05) is 30.3 Å². The van der Waals surface area contributed by atoms with Crippen LogP contribution in [0.3, 0.4) is 0 Å². The second-order valence-electron chi connectivity index (χ2n) is 6.67. The van der Waals surface area contributed by atoms with Crippen LogP contribution in [0, 0.1) is 0 Å². The number of aromatic nitrogens is 4. The molecule has 6 nitrogen and oxygen atoms in total. The van der Waals surface area contributed by atoms with Gasteiger partial charge in [0, 0.05) is 12.5 Å². The molecule has 1 aliphatic rings. The number of anilines is 1. The highest BCUT2D eigenvalue weighted by Gasteiger charge is 2.31. The quantitative estimate of drug-likeness (QED) is 0.710. The van der Waals surface area contributed by atoms with E-state index in [2.05, 4.69) is 37.6 Å². The normalized spacial score (nSPS) is 23.2. The first-order chi connectivity index (χ1) is 12.8. The Hall–Kier alpha value is -2.54.